The molecule has 1 N–H and O–H groups in total. The van der Waals surface area contributed by atoms with Gasteiger partial charge in [0.05, 0.1) is 22.5 Å². The third-order valence-electron chi connectivity index (χ3n) is 5.21. The zero-order valence-corrected chi connectivity index (χ0v) is 16.0. The lowest BCUT2D eigenvalue weighted by atomic mass is 10.2. The molecule has 0 radical (unpaired) electrons. The molecule has 1 aliphatic heterocycles. The number of aryl methyl sites for hydroxylation is 3. The Kier molecular flexibility index (Phi) is 3.50. The predicted octanol–water partition coefficient (Wildman–Crippen LogP) is 4.83. The molecule has 1 unspecified atom stereocenters. The van der Waals surface area contributed by atoms with Crippen LogP contribution in [0.3, 0.4) is 0 Å². The SMILES string of the molecule is Cc1ccc2nc(C3CCCN3c3nc(C)nc4scc(C)c34)[nH]c2c1. The Morgan fingerprint density at radius 1 is 1.15 bits per heavy atom. The molecule has 3 aromatic heterocycles. The van der Waals surface area contributed by atoms with Crippen LogP contribution >= 0.6 is 11.3 Å². The maximum Gasteiger partial charge on any atom is 0.141 e. The lowest BCUT2D eigenvalue weighted by molar-refractivity contribution is 0.673. The zero-order chi connectivity index (χ0) is 17.8. The van der Waals surface area contributed by atoms with Crippen LogP contribution in [0.4, 0.5) is 5.82 Å². The maximum absolute atomic E-state index is 4.89. The van der Waals surface area contributed by atoms with E-state index in [9.17, 15) is 0 Å². The summed E-state index contributed by atoms with van der Waals surface area (Å²) in [6, 6.07) is 6.62. The fourth-order valence-electron chi connectivity index (χ4n) is 3.98. The highest BCUT2D eigenvalue weighted by atomic mass is 32.1. The smallest absolute Gasteiger partial charge is 0.141 e. The van der Waals surface area contributed by atoms with Crippen molar-refractivity contribution in [1.29, 1.82) is 0 Å². The van der Waals surface area contributed by atoms with Gasteiger partial charge in [-0.25, -0.2) is 15.0 Å². The van der Waals surface area contributed by atoms with Crippen molar-refractivity contribution in [2.75, 3.05) is 11.4 Å². The molecule has 4 aromatic rings. The third kappa shape index (κ3) is 2.40. The van der Waals surface area contributed by atoms with Crippen molar-refractivity contribution in [3.05, 3.63) is 46.4 Å². The van der Waals surface area contributed by atoms with E-state index >= 15 is 0 Å². The second-order valence-corrected chi connectivity index (χ2v) is 8.05. The first-order chi connectivity index (χ1) is 12.6. The average molecular weight is 363 g/mol. The monoisotopic (exact) mass is 363 g/mol. The number of benzene rings is 1. The van der Waals surface area contributed by atoms with Crippen molar-refractivity contribution in [3.63, 3.8) is 0 Å². The molecule has 0 bridgehead atoms. The van der Waals surface area contributed by atoms with Crippen LogP contribution in [0.5, 0.6) is 0 Å². The molecule has 0 saturated carbocycles. The number of aromatic nitrogens is 4. The number of anilines is 1. The Bertz CT molecular complexity index is 1130. The lowest BCUT2D eigenvalue weighted by Gasteiger charge is -2.25. The van der Waals surface area contributed by atoms with Crippen LogP contribution < -0.4 is 4.90 Å². The minimum Gasteiger partial charge on any atom is -0.346 e. The average Bonchev–Trinajstić information content (AvgIpc) is 3.31. The lowest BCUT2D eigenvalue weighted by Crippen LogP contribution is -2.25. The van der Waals surface area contributed by atoms with Gasteiger partial charge in [-0.3, -0.25) is 0 Å². The number of aromatic amines is 1. The van der Waals surface area contributed by atoms with Gasteiger partial charge in [0, 0.05) is 6.54 Å². The Labute approximate surface area is 156 Å². The molecule has 0 spiro atoms. The molecule has 5 nitrogen and oxygen atoms in total. The van der Waals surface area contributed by atoms with Crippen molar-refractivity contribution < 1.29 is 0 Å². The van der Waals surface area contributed by atoms with Gasteiger partial charge in [0.2, 0.25) is 0 Å². The molecular formula is C20H21N5S. The summed E-state index contributed by atoms with van der Waals surface area (Å²) >= 11 is 1.70. The number of fused-ring (bicyclic) bond motifs is 2. The largest absolute Gasteiger partial charge is 0.346 e. The van der Waals surface area contributed by atoms with Crippen molar-refractivity contribution in [2.24, 2.45) is 0 Å². The maximum atomic E-state index is 4.89. The van der Waals surface area contributed by atoms with E-state index in [1.165, 1.54) is 16.5 Å². The van der Waals surface area contributed by atoms with Crippen LogP contribution in [0.25, 0.3) is 21.3 Å². The number of thiophene rings is 1. The van der Waals surface area contributed by atoms with E-state index in [1.807, 2.05) is 6.92 Å². The molecule has 1 fully saturated rings. The van der Waals surface area contributed by atoms with Gasteiger partial charge in [-0.1, -0.05) is 6.07 Å². The first-order valence-corrected chi connectivity index (χ1v) is 9.93. The topological polar surface area (TPSA) is 57.7 Å². The predicted molar refractivity (Wildman–Crippen MR) is 107 cm³/mol. The molecule has 0 amide bonds. The minimum absolute atomic E-state index is 0.236. The van der Waals surface area contributed by atoms with Crippen LogP contribution in [0.2, 0.25) is 0 Å². The van der Waals surface area contributed by atoms with Gasteiger partial charge in [0.15, 0.2) is 0 Å². The number of H-pyrrole nitrogens is 1. The molecule has 1 atom stereocenters. The molecule has 0 aliphatic carbocycles. The summed E-state index contributed by atoms with van der Waals surface area (Å²) in [5.74, 6) is 2.94. The highest BCUT2D eigenvalue weighted by molar-refractivity contribution is 7.17. The Hall–Kier alpha value is -2.47. The van der Waals surface area contributed by atoms with Crippen LogP contribution in [0.1, 0.15) is 41.7 Å². The van der Waals surface area contributed by atoms with Gasteiger partial charge in [0.1, 0.15) is 22.3 Å². The van der Waals surface area contributed by atoms with Crippen molar-refractivity contribution >= 4 is 38.4 Å². The van der Waals surface area contributed by atoms with Crippen LogP contribution in [-0.4, -0.2) is 26.5 Å². The number of hydrogen-bond donors (Lipinski definition) is 1. The second-order valence-electron chi connectivity index (χ2n) is 7.19. The van der Waals surface area contributed by atoms with Gasteiger partial charge in [-0.2, -0.15) is 0 Å². The number of rotatable bonds is 2. The van der Waals surface area contributed by atoms with E-state index in [2.05, 4.69) is 52.3 Å². The third-order valence-corrected chi connectivity index (χ3v) is 6.20. The molecule has 6 heteroatoms. The van der Waals surface area contributed by atoms with Gasteiger partial charge < -0.3 is 9.88 Å². The quantitative estimate of drug-likeness (QED) is 0.554. The van der Waals surface area contributed by atoms with Gasteiger partial charge >= 0.3 is 0 Å². The van der Waals surface area contributed by atoms with E-state index in [4.69, 9.17) is 9.97 Å². The molecule has 26 heavy (non-hydrogen) atoms. The summed E-state index contributed by atoms with van der Waals surface area (Å²) < 4.78 is 0. The van der Waals surface area contributed by atoms with Gasteiger partial charge in [-0.15, -0.1) is 11.3 Å². The standard InChI is InChI=1S/C20H21N5S/c1-11-6-7-14-15(9-11)24-18(23-14)16-5-4-8-25(16)19-17-12(2)10-26-20(17)22-13(3)21-19/h6-7,9-10,16H,4-5,8H2,1-3H3,(H,23,24). The molecule has 4 heterocycles. The molecule has 1 saturated heterocycles. The Morgan fingerprint density at radius 3 is 2.92 bits per heavy atom. The molecule has 5 rings (SSSR count). The number of hydrogen-bond acceptors (Lipinski definition) is 5. The van der Waals surface area contributed by atoms with Crippen molar-refractivity contribution in [2.45, 2.75) is 39.7 Å². The first-order valence-electron chi connectivity index (χ1n) is 9.05. The molecule has 1 aromatic carbocycles. The van der Waals surface area contributed by atoms with E-state index in [0.29, 0.717) is 0 Å². The van der Waals surface area contributed by atoms with E-state index in [0.717, 1.165) is 52.7 Å². The molecule has 132 valence electrons. The molecule has 1 aliphatic rings. The van der Waals surface area contributed by atoms with E-state index < -0.39 is 0 Å². The summed E-state index contributed by atoms with van der Waals surface area (Å²) in [6.45, 7) is 7.24. The van der Waals surface area contributed by atoms with Gasteiger partial charge in [-0.05, 0) is 62.3 Å². The van der Waals surface area contributed by atoms with Crippen LogP contribution in [0, 0.1) is 20.8 Å². The van der Waals surface area contributed by atoms with Crippen LogP contribution in [-0.2, 0) is 0 Å². The highest BCUT2D eigenvalue weighted by Crippen LogP contribution is 2.40. The second kappa shape index (κ2) is 5.77. The number of nitrogens with one attached hydrogen (secondary N) is 1. The first kappa shape index (κ1) is 15.8. The number of nitrogens with zero attached hydrogens (tertiary/aromatic N) is 4. The molecular weight excluding hydrogens is 342 g/mol. The normalized spacial score (nSPS) is 17.7. The summed E-state index contributed by atoms with van der Waals surface area (Å²) in [5.41, 5.74) is 4.65. The number of imidazole rings is 1. The summed E-state index contributed by atoms with van der Waals surface area (Å²) in [7, 11) is 0. The summed E-state index contributed by atoms with van der Waals surface area (Å²) in [4.78, 5) is 21.4. The summed E-state index contributed by atoms with van der Waals surface area (Å²) in [5, 5.41) is 3.37. The van der Waals surface area contributed by atoms with Crippen LogP contribution in [0.15, 0.2) is 23.6 Å². The zero-order valence-electron chi connectivity index (χ0n) is 15.2. The highest BCUT2D eigenvalue weighted by Gasteiger charge is 2.31. The van der Waals surface area contributed by atoms with E-state index in [-0.39, 0.29) is 6.04 Å². The fourth-order valence-corrected chi connectivity index (χ4v) is 4.94. The van der Waals surface area contributed by atoms with Crippen molar-refractivity contribution in [1.82, 2.24) is 19.9 Å². The Morgan fingerprint density at radius 2 is 2.04 bits per heavy atom. The van der Waals surface area contributed by atoms with Crippen molar-refractivity contribution in [3.8, 4) is 0 Å². The van der Waals surface area contributed by atoms with Gasteiger partial charge in [0.25, 0.3) is 0 Å². The minimum atomic E-state index is 0.236. The van der Waals surface area contributed by atoms with E-state index in [1.54, 1.807) is 11.3 Å². The fraction of sp³-hybridized carbons (Fsp3) is 0.350. The summed E-state index contributed by atoms with van der Waals surface area (Å²) in [6.07, 6.45) is 2.24. The Balaban J connectivity index is 1.64.